The molecule has 10 nitrogen and oxygen atoms in total. The predicted octanol–water partition coefficient (Wildman–Crippen LogP) is 4.64. The van der Waals surface area contributed by atoms with Crippen LogP contribution in [0, 0.1) is 11.3 Å². The van der Waals surface area contributed by atoms with E-state index in [-0.39, 0.29) is 35.5 Å². The van der Waals surface area contributed by atoms with Gasteiger partial charge in [-0.3, -0.25) is 4.79 Å². The van der Waals surface area contributed by atoms with Crippen molar-refractivity contribution in [3.05, 3.63) is 17.5 Å². The van der Waals surface area contributed by atoms with Gasteiger partial charge in [0.05, 0.1) is 5.69 Å². The van der Waals surface area contributed by atoms with Crippen LogP contribution in [0.25, 0.3) is 0 Å². The van der Waals surface area contributed by atoms with Crippen molar-refractivity contribution < 1.29 is 23.8 Å². The van der Waals surface area contributed by atoms with E-state index in [4.69, 9.17) is 19.3 Å². The molecule has 1 aromatic heterocycles. The standard InChI is InChI=1S/C31H55N5O5/c1-30(2,3)41-29(38)35(6)18-17-32-16-13-24-22-36(26-11-8-9-20-40-26)34-27(24)23-12-14-31(4,5)25(21-23)28(37)33-15-10-19-39-7/h22-23,25-26,32H,8-21H2,1-7H3,(H,33,37)/t23-,25+,26?/m0/s1. The molecule has 2 aliphatic rings. The Morgan fingerprint density at radius 1 is 1.20 bits per heavy atom. The quantitative estimate of drug-likeness (QED) is 0.329. The van der Waals surface area contributed by atoms with Crippen LogP contribution in [0.2, 0.25) is 0 Å². The molecule has 1 saturated heterocycles. The molecule has 0 bridgehead atoms. The number of amides is 2. The number of methoxy groups -OCH3 is 1. The Kier molecular flexibility index (Phi) is 12.5. The molecule has 0 spiro atoms. The van der Waals surface area contributed by atoms with Gasteiger partial charge in [-0.15, -0.1) is 0 Å². The van der Waals surface area contributed by atoms with E-state index in [2.05, 4.69) is 30.7 Å². The highest BCUT2D eigenvalue weighted by atomic mass is 16.6. The fourth-order valence-electron chi connectivity index (χ4n) is 5.79. The van der Waals surface area contributed by atoms with Crippen molar-refractivity contribution in [3.63, 3.8) is 0 Å². The zero-order chi connectivity index (χ0) is 30.0. The molecule has 41 heavy (non-hydrogen) atoms. The van der Waals surface area contributed by atoms with Crippen LogP contribution in [0.5, 0.6) is 0 Å². The lowest BCUT2D eigenvalue weighted by atomic mass is 9.64. The number of likely N-dealkylation sites (N-methyl/N-ethyl adjacent to an activating group) is 1. The van der Waals surface area contributed by atoms with Crippen LogP contribution in [0.4, 0.5) is 4.79 Å². The van der Waals surface area contributed by atoms with Gasteiger partial charge in [0, 0.05) is 65.0 Å². The average Bonchev–Trinajstić information content (AvgIpc) is 3.34. The van der Waals surface area contributed by atoms with Crippen molar-refractivity contribution in [1.82, 2.24) is 25.3 Å². The molecule has 3 rings (SSSR count). The summed E-state index contributed by atoms with van der Waals surface area (Å²) in [6.45, 7) is 14.1. The topological polar surface area (TPSA) is 107 Å². The van der Waals surface area contributed by atoms with Gasteiger partial charge >= 0.3 is 6.09 Å². The number of carbonyl (C=O) groups is 2. The highest BCUT2D eigenvalue weighted by Crippen LogP contribution is 2.47. The third-order valence-corrected chi connectivity index (χ3v) is 8.32. The van der Waals surface area contributed by atoms with Gasteiger partial charge < -0.3 is 29.7 Å². The molecule has 2 amide bonds. The van der Waals surface area contributed by atoms with Gasteiger partial charge in [0.2, 0.25) is 5.91 Å². The van der Waals surface area contributed by atoms with Crippen molar-refractivity contribution in [2.24, 2.45) is 11.3 Å². The summed E-state index contributed by atoms with van der Waals surface area (Å²) in [6, 6.07) is 0. The number of ether oxygens (including phenoxy) is 3. The van der Waals surface area contributed by atoms with Crippen LogP contribution >= 0.6 is 0 Å². The second-order valence-corrected chi connectivity index (χ2v) is 13.4. The van der Waals surface area contributed by atoms with Crippen molar-refractivity contribution in [2.75, 3.05) is 53.6 Å². The van der Waals surface area contributed by atoms with E-state index in [9.17, 15) is 9.59 Å². The molecule has 1 saturated carbocycles. The first-order chi connectivity index (χ1) is 19.4. The van der Waals surface area contributed by atoms with E-state index < -0.39 is 5.60 Å². The minimum absolute atomic E-state index is 0.0217. The SMILES string of the molecule is COCCCNC(=O)[C@H]1C[C@@H](c2nn(C3CCCCO3)cc2CCNCCN(C)C(=O)OC(C)(C)C)CCC1(C)C. The monoisotopic (exact) mass is 577 g/mol. The molecule has 2 N–H and O–H groups in total. The number of hydrogen-bond acceptors (Lipinski definition) is 7. The maximum absolute atomic E-state index is 13.3. The summed E-state index contributed by atoms with van der Waals surface area (Å²) < 4.78 is 18.7. The molecule has 1 aliphatic carbocycles. The summed E-state index contributed by atoms with van der Waals surface area (Å²) in [5, 5.41) is 11.8. The molecule has 3 atom stereocenters. The van der Waals surface area contributed by atoms with E-state index >= 15 is 0 Å². The zero-order valence-electron chi connectivity index (χ0n) is 26.6. The fraction of sp³-hybridized carbons (Fsp3) is 0.839. The number of nitrogens with one attached hydrogen (secondary N) is 2. The minimum Gasteiger partial charge on any atom is -0.444 e. The Labute approximate surface area is 247 Å². The van der Waals surface area contributed by atoms with E-state index in [0.29, 0.717) is 26.2 Å². The Balaban J connectivity index is 1.65. The van der Waals surface area contributed by atoms with Gasteiger partial charge in [-0.25, -0.2) is 9.48 Å². The van der Waals surface area contributed by atoms with Crippen molar-refractivity contribution in [3.8, 4) is 0 Å². The van der Waals surface area contributed by atoms with E-state index in [1.807, 2.05) is 25.5 Å². The lowest BCUT2D eigenvalue weighted by Crippen LogP contribution is -2.43. The fourth-order valence-corrected chi connectivity index (χ4v) is 5.79. The Morgan fingerprint density at radius 3 is 2.66 bits per heavy atom. The van der Waals surface area contributed by atoms with E-state index in [0.717, 1.165) is 70.2 Å². The molecule has 0 aromatic carbocycles. The third-order valence-electron chi connectivity index (χ3n) is 8.32. The van der Waals surface area contributed by atoms with Gasteiger partial charge in [-0.2, -0.15) is 5.10 Å². The Hall–Kier alpha value is -2.17. The van der Waals surface area contributed by atoms with Crippen molar-refractivity contribution >= 4 is 12.0 Å². The second-order valence-electron chi connectivity index (χ2n) is 13.4. The first-order valence-electron chi connectivity index (χ1n) is 15.5. The molecule has 2 heterocycles. The Morgan fingerprint density at radius 2 is 1.98 bits per heavy atom. The minimum atomic E-state index is -0.505. The van der Waals surface area contributed by atoms with Crippen LogP contribution < -0.4 is 10.6 Å². The molecule has 2 fully saturated rings. The predicted molar refractivity (Wildman–Crippen MR) is 160 cm³/mol. The smallest absolute Gasteiger partial charge is 0.410 e. The summed E-state index contributed by atoms with van der Waals surface area (Å²) >= 11 is 0. The molecular formula is C31H55N5O5. The number of carbonyl (C=O) groups excluding carboxylic acids is 2. The Bertz CT molecular complexity index is 967. The molecule has 1 unspecified atom stereocenters. The normalized spacial score (nSPS) is 22.8. The summed E-state index contributed by atoms with van der Waals surface area (Å²) in [5.41, 5.74) is 1.77. The largest absolute Gasteiger partial charge is 0.444 e. The summed E-state index contributed by atoms with van der Waals surface area (Å²) in [7, 11) is 3.45. The van der Waals surface area contributed by atoms with Crippen molar-refractivity contribution in [1.29, 1.82) is 0 Å². The number of aromatic nitrogens is 2. The van der Waals surface area contributed by atoms with E-state index in [1.54, 1.807) is 19.1 Å². The summed E-state index contributed by atoms with van der Waals surface area (Å²) in [4.78, 5) is 27.1. The van der Waals surface area contributed by atoms with Crippen molar-refractivity contribution in [2.45, 2.75) is 104 Å². The van der Waals surface area contributed by atoms with Crippen LogP contribution in [-0.4, -0.2) is 85.8 Å². The first-order valence-corrected chi connectivity index (χ1v) is 15.5. The summed E-state index contributed by atoms with van der Waals surface area (Å²) in [5.74, 6) is 0.313. The van der Waals surface area contributed by atoms with Crippen LogP contribution in [-0.2, 0) is 25.4 Å². The highest BCUT2D eigenvalue weighted by molar-refractivity contribution is 5.79. The van der Waals surface area contributed by atoms with Crippen LogP contribution in [0.1, 0.15) is 103 Å². The third kappa shape index (κ3) is 10.3. The second kappa shape index (κ2) is 15.3. The molecule has 1 aromatic rings. The molecular weight excluding hydrogens is 522 g/mol. The zero-order valence-corrected chi connectivity index (χ0v) is 26.6. The maximum Gasteiger partial charge on any atom is 0.410 e. The first kappa shape index (κ1) is 33.3. The molecule has 1 aliphatic heterocycles. The van der Waals surface area contributed by atoms with Gasteiger partial charge in [-0.1, -0.05) is 13.8 Å². The van der Waals surface area contributed by atoms with Gasteiger partial charge in [0.25, 0.3) is 0 Å². The van der Waals surface area contributed by atoms with Gasteiger partial charge in [0.1, 0.15) is 11.8 Å². The lowest BCUT2D eigenvalue weighted by Gasteiger charge is -2.41. The average molecular weight is 578 g/mol. The number of hydrogen-bond donors (Lipinski definition) is 2. The van der Waals surface area contributed by atoms with Crippen LogP contribution in [0.3, 0.4) is 0 Å². The lowest BCUT2D eigenvalue weighted by molar-refractivity contribution is -0.130. The molecule has 10 heteroatoms. The van der Waals surface area contributed by atoms with Gasteiger partial charge in [0.15, 0.2) is 0 Å². The highest BCUT2D eigenvalue weighted by Gasteiger charge is 2.42. The molecule has 0 radical (unpaired) electrons. The number of rotatable bonds is 13. The van der Waals surface area contributed by atoms with E-state index in [1.165, 1.54) is 5.56 Å². The molecule has 234 valence electrons. The van der Waals surface area contributed by atoms with Crippen LogP contribution in [0.15, 0.2) is 6.20 Å². The van der Waals surface area contributed by atoms with Gasteiger partial charge in [-0.05, 0) is 89.7 Å². The number of nitrogens with zero attached hydrogens (tertiary/aromatic N) is 3. The summed E-state index contributed by atoms with van der Waals surface area (Å²) in [6.07, 6.45) is 9.48. The maximum atomic E-state index is 13.3.